The van der Waals surface area contributed by atoms with Gasteiger partial charge in [-0.2, -0.15) is 0 Å². The van der Waals surface area contributed by atoms with E-state index in [-0.39, 0.29) is 24.2 Å². The quantitative estimate of drug-likeness (QED) is 0.876. The van der Waals surface area contributed by atoms with Crippen molar-refractivity contribution >= 4 is 5.91 Å². The van der Waals surface area contributed by atoms with Crippen molar-refractivity contribution in [1.29, 1.82) is 0 Å². The second-order valence-electron chi connectivity index (χ2n) is 4.55. The number of hydrogen-bond donors (Lipinski definition) is 2. The van der Waals surface area contributed by atoms with Gasteiger partial charge in [-0.05, 0) is 23.3 Å². The van der Waals surface area contributed by atoms with E-state index in [2.05, 4.69) is 5.32 Å². The minimum absolute atomic E-state index is 0.150. The molecule has 1 unspecified atom stereocenters. The van der Waals surface area contributed by atoms with Crippen LogP contribution in [0.1, 0.15) is 17.0 Å². The van der Waals surface area contributed by atoms with Gasteiger partial charge in [-0.3, -0.25) is 4.79 Å². The number of carbonyl (C=O) groups excluding carboxylic acids is 1. The number of rotatable bonds is 5. The first-order valence-electron chi connectivity index (χ1n) is 6.48. The summed E-state index contributed by atoms with van der Waals surface area (Å²) in [6, 6.07) is 15.5. The Kier molecular flexibility index (Phi) is 4.85. The van der Waals surface area contributed by atoms with Gasteiger partial charge in [0.1, 0.15) is 5.82 Å². The average molecular weight is 272 g/mol. The molecule has 4 heteroatoms. The third-order valence-corrected chi connectivity index (χ3v) is 3.11. The zero-order valence-corrected chi connectivity index (χ0v) is 11.1. The molecule has 0 radical (unpaired) electrons. The molecule has 20 heavy (non-hydrogen) atoms. The molecule has 2 rings (SSSR count). The molecule has 0 heterocycles. The van der Waals surface area contributed by atoms with Gasteiger partial charge >= 0.3 is 0 Å². The van der Waals surface area contributed by atoms with E-state index in [9.17, 15) is 9.18 Å². The van der Waals surface area contributed by atoms with E-state index in [4.69, 9.17) is 5.73 Å². The van der Waals surface area contributed by atoms with Crippen LogP contribution in [0.5, 0.6) is 0 Å². The molecule has 1 amide bonds. The summed E-state index contributed by atoms with van der Waals surface area (Å²) in [6.07, 6.45) is 0. The predicted molar refractivity (Wildman–Crippen MR) is 76.5 cm³/mol. The van der Waals surface area contributed by atoms with E-state index >= 15 is 0 Å². The van der Waals surface area contributed by atoms with Crippen LogP contribution in [-0.2, 0) is 11.3 Å². The van der Waals surface area contributed by atoms with Crippen molar-refractivity contribution in [3.05, 3.63) is 71.5 Å². The number of halogens is 1. The number of nitrogens with one attached hydrogen (secondary N) is 1. The Morgan fingerprint density at radius 3 is 2.55 bits per heavy atom. The summed E-state index contributed by atoms with van der Waals surface area (Å²) < 4.78 is 13.0. The molecule has 2 aromatic carbocycles. The van der Waals surface area contributed by atoms with Gasteiger partial charge in [0, 0.05) is 13.1 Å². The Morgan fingerprint density at radius 1 is 1.15 bits per heavy atom. The van der Waals surface area contributed by atoms with E-state index in [0.717, 1.165) is 11.1 Å². The maximum Gasteiger partial charge on any atom is 0.229 e. The van der Waals surface area contributed by atoms with E-state index in [1.807, 2.05) is 30.3 Å². The predicted octanol–water partition coefficient (Wildman–Crippen LogP) is 2.18. The number of carbonyl (C=O) groups is 1. The van der Waals surface area contributed by atoms with Gasteiger partial charge in [-0.1, -0.05) is 42.5 Å². The fourth-order valence-electron chi connectivity index (χ4n) is 2.04. The summed E-state index contributed by atoms with van der Waals surface area (Å²) >= 11 is 0. The average Bonchev–Trinajstić information content (AvgIpc) is 2.47. The lowest BCUT2D eigenvalue weighted by Crippen LogP contribution is -2.33. The first kappa shape index (κ1) is 14.2. The number of hydrogen-bond acceptors (Lipinski definition) is 2. The molecule has 2 aromatic rings. The first-order valence-corrected chi connectivity index (χ1v) is 6.48. The summed E-state index contributed by atoms with van der Waals surface area (Å²) in [7, 11) is 0. The van der Waals surface area contributed by atoms with Gasteiger partial charge in [-0.15, -0.1) is 0 Å². The van der Waals surface area contributed by atoms with E-state index in [0.29, 0.717) is 6.54 Å². The number of amides is 1. The van der Waals surface area contributed by atoms with Crippen LogP contribution in [0.4, 0.5) is 4.39 Å². The number of nitrogens with two attached hydrogens (primary N) is 1. The molecule has 0 aliphatic heterocycles. The highest BCUT2D eigenvalue weighted by atomic mass is 19.1. The van der Waals surface area contributed by atoms with Gasteiger partial charge < -0.3 is 11.1 Å². The van der Waals surface area contributed by atoms with Crippen molar-refractivity contribution in [3.63, 3.8) is 0 Å². The summed E-state index contributed by atoms with van der Waals surface area (Å²) in [6.45, 7) is 0.527. The monoisotopic (exact) mass is 272 g/mol. The SMILES string of the molecule is NCC(C(=O)NCc1cccc(F)c1)c1ccccc1. The molecular weight excluding hydrogens is 255 g/mol. The molecular formula is C16H17FN2O. The molecule has 3 nitrogen and oxygen atoms in total. The third-order valence-electron chi connectivity index (χ3n) is 3.11. The van der Waals surface area contributed by atoms with Crippen molar-refractivity contribution in [2.45, 2.75) is 12.5 Å². The van der Waals surface area contributed by atoms with E-state index in [1.54, 1.807) is 12.1 Å². The molecule has 0 bridgehead atoms. The van der Waals surface area contributed by atoms with Gasteiger partial charge in [0.2, 0.25) is 5.91 Å². The zero-order chi connectivity index (χ0) is 14.4. The third kappa shape index (κ3) is 3.65. The summed E-state index contributed by atoms with van der Waals surface area (Å²) in [4.78, 5) is 12.1. The van der Waals surface area contributed by atoms with Crippen molar-refractivity contribution < 1.29 is 9.18 Å². The lowest BCUT2D eigenvalue weighted by molar-refractivity contribution is -0.122. The summed E-state index contributed by atoms with van der Waals surface area (Å²) in [5.41, 5.74) is 7.28. The maximum atomic E-state index is 13.0. The smallest absolute Gasteiger partial charge is 0.229 e. The molecule has 0 aromatic heterocycles. The molecule has 0 spiro atoms. The van der Waals surface area contributed by atoms with Crippen LogP contribution in [0.3, 0.4) is 0 Å². The van der Waals surface area contributed by atoms with Gasteiger partial charge in [0.25, 0.3) is 0 Å². The highest BCUT2D eigenvalue weighted by molar-refractivity contribution is 5.83. The highest BCUT2D eigenvalue weighted by Gasteiger charge is 2.18. The van der Waals surface area contributed by atoms with E-state index in [1.165, 1.54) is 12.1 Å². The lowest BCUT2D eigenvalue weighted by Gasteiger charge is -2.15. The van der Waals surface area contributed by atoms with Gasteiger partial charge in [0.15, 0.2) is 0 Å². The second kappa shape index (κ2) is 6.82. The van der Waals surface area contributed by atoms with Gasteiger partial charge in [-0.25, -0.2) is 4.39 Å². The molecule has 0 saturated carbocycles. The minimum Gasteiger partial charge on any atom is -0.351 e. The van der Waals surface area contributed by atoms with Crippen LogP contribution in [0.25, 0.3) is 0 Å². The van der Waals surface area contributed by atoms with Crippen molar-refractivity contribution in [1.82, 2.24) is 5.32 Å². The maximum absolute atomic E-state index is 13.0. The summed E-state index contributed by atoms with van der Waals surface area (Å²) in [5, 5.41) is 2.79. The van der Waals surface area contributed by atoms with Crippen molar-refractivity contribution in [2.24, 2.45) is 5.73 Å². The van der Waals surface area contributed by atoms with Crippen LogP contribution < -0.4 is 11.1 Å². The second-order valence-corrected chi connectivity index (χ2v) is 4.55. The van der Waals surface area contributed by atoms with Gasteiger partial charge in [0.05, 0.1) is 5.92 Å². The fraction of sp³-hybridized carbons (Fsp3) is 0.188. The summed E-state index contributed by atoms with van der Waals surface area (Å²) in [5.74, 6) is -0.845. The standard InChI is InChI=1S/C16H17FN2O/c17-14-8-4-5-12(9-14)11-19-16(20)15(10-18)13-6-2-1-3-7-13/h1-9,15H,10-11,18H2,(H,19,20). The fourth-order valence-corrected chi connectivity index (χ4v) is 2.04. The molecule has 1 atom stereocenters. The molecule has 104 valence electrons. The molecule has 0 aliphatic carbocycles. The van der Waals surface area contributed by atoms with Crippen molar-refractivity contribution in [2.75, 3.05) is 6.54 Å². The lowest BCUT2D eigenvalue weighted by atomic mass is 9.98. The Bertz CT molecular complexity index is 572. The molecule has 0 fully saturated rings. The number of benzene rings is 2. The van der Waals surface area contributed by atoms with Crippen LogP contribution in [0.15, 0.2) is 54.6 Å². The molecule has 3 N–H and O–H groups in total. The Balaban J connectivity index is 2.00. The highest BCUT2D eigenvalue weighted by Crippen LogP contribution is 2.14. The van der Waals surface area contributed by atoms with Crippen LogP contribution in [0.2, 0.25) is 0 Å². The Hall–Kier alpha value is -2.20. The molecule has 0 aliphatic rings. The van der Waals surface area contributed by atoms with Crippen molar-refractivity contribution in [3.8, 4) is 0 Å². The minimum atomic E-state index is -0.384. The Labute approximate surface area is 117 Å². The zero-order valence-electron chi connectivity index (χ0n) is 11.1. The molecule has 0 saturated heterocycles. The van der Waals surface area contributed by atoms with Crippen LogP contribution in [-0.4, -0.2) is 12.5 Å². The Morgan fingerprint density at radius 2 is 1.90 bits per heavy atom. The normalized spacial score (nSPS) is 11.9. The van der Waals surface area contributed by atoms with E-state index < -0.39 is 0 Å². The largest absolute Gasteiger partial charge is 0.351 e. The topological polar surface area (TPSA) is 55.1 Å². The first-order chi connectivity index (χ1) is 9.70. The van der Waals surface area contributed by atoms with Crippen LogP contribution in [0, 0.1) is 5.82 Å². The van der Waals surface area contributed by atoms with Crippen LogP contribution >= 0.6 is 0 Å².